The fourth-order valence-electron chi connectivity index (χ4n) is 6.53. The van der Waals surface area contributed by atoms with Crippen molar-refractivity contribution in [2.75, 3.05) is 0 Å². The van der Waals surface area contributed by atoms with E-state index in [4.69, 9.17) is 16.3 Å². The summed E-state index contributed by atoms with van der Waals surface area (Å²) < 4.78 is 6.10. The Hall–Kier alpha value is -2.67. The highest BCUT2D eigenvalue weighted by Crippen LogP contribution is 2.51. The number of allylic oxidation sites excluding steroid dienone is 2. The quantitative estimate of drug-likeness (QED) is 0.335. The Labute approximate surface area is 223 Å². The highest BCUT2D eigenvalue weighted by molar-refractivity contribution is 6.43. The van der Waals surface area contributed by atoms with Crippen LogP contribution in [0.5, 0.6) is 5.75 Å². The van der Waals surface area contributed by atoms with E-state index in [0.717, 1.165) is 30.4 Å². The van der Waals surface area contributed by atoms with Gasteiger partial charge >= 0.3 is 7.12 Å². The summed E-state index contributed by atoms with van der Waals surface area (Å²) in [5, 5.41) is 20.9. The Morgan fingerprint density at radius 1 is 1.11 bits per heavy atom. The lowest BCUT2D eigenvalue weighted by Crippen LogP contribution is -2.50. The molecule has 0 unspecified atom stereocenters. The first kappa shape index (κ1) is 26.0. The van der Waals surface area contributed by atoms with Crippen molar-refractivity contribution in [3.05, 3.63) is 80.9 Å². The SMILES string of the molecule is CCC1=C2[C@@H](CC/C(=C/c3ccc(O)cc3Cl)CC)OB(O)C[C@@H]2[C@@H]2C(=O)c3ccccc3C(=O)[C@@H]2C1. The maximum atomic E-state index is 13.7. The summed E-state index contributed by atoms with van der Waals surface area (Å²) in [6, 6.07) is 12.1. The Balaban J connectivity index is 1.45. The van der Waals surface area contributed by atoms with Crippen LogP contribution in [0, 0.1) is 17.8 Å². The van der Waals surface area contributed by atoms with E-state index in [0.29, 0.717) is 35.3 Å². The smallest absolute Gasteiger partial charge is 0.455 e. The van der Waals surface area contributed by atoms with Gasteiger partial charge in [0.15, 0.2) is 11.6 Å². The van der Waals surface area contributed by atoms with Crippen molar-refractivity contribution in [3.63, 3.8) is 0 Å². The van der Waals surface area contributed by atoms with Crippen LogP contribution in [0.15, 0.2) is 59.2 Å². The summed E-state index contributed by atoms with van der Waals surface area (Å²) in [5.41, 5.74) is 5.37. The number of hydrogen-bond acceptors (Lipinski definition) is 5. The molecule has 0 saturated carbocycles. The molecule has 5 rings (SSSR count). The van der Waals surface area contributed by atoms with Crippen LogP contribution in [0.25, 0.3) is 6.08 Å². The first-order chi connectivity index (χ1) is 17.8. The number of phenolic OH excluding ortho intramolecular Hbond substituents is 1. The van der Waals surface area contributed by atoms with E-state index < -0.39 is 13.0 Å². The van der Waals surface area contributed by atoms with Crippen molar-refractivity contribution >= 4 is 36.4 Å². The molecule has 0 bridgehead atoms. The standard InChI is InChI=1S/C30H32BClO5/c1-3-17(13-19-10-11-20(33)15-25(19)32)9-12-26-27-18(4-2)14-23-28(24(27)16-31(36)37-26)30(35)22-8-6-5-7-21(22)29(23)34/h5-8,10-11,13,15,23-24,26,28,33,36H,3-4,9,12,14,16H2,1-2H3/b17-13+/t23-,24+,26-,28-/m1/s1. The van der Waals surface area contributed by atoms with E-state index in [1.807, 2.05) is 18.2 Å². The van der Waals surface area contributed by atoms with Gasteiger partial charge < -0.3 is 14.8 Å². The van der Waals surface area contributed by atoms with Crippen LogP contribution in [-0.2, 0) is 4.65 Å². The van der Waals surface area contributed by atoms with E-state index in [2.05, 4.69) is 13.8 Å². The minimum atomic E-state index is -0.976. The third kappa shape index (κ3) is 4.83. The molecule has 4 atom stereocenters. The minimum Gasteiger partial charge on any atom is -0.508 e. The van der Waals surface area contributed by atoms with E-state index in [-0.39, 0.29) is 35.3 Å². The first-order valence-corrected chi connectivity index (χ1v) is 13.6. The molecule has 2 aromatic rings. The van der Waals surface area contributed by atoms with Gasteiger partial charge in [-0.05, 0) is 73.7 Å². The summed E-state index contributed by atoms with van der Waals surface area (Å²) >= 11 is 6.32. The summed E-state index contributed by atoms with van der Waals surface area (Å²) in [5.74, 6) is -0.839. The molecule has 5 nitrogen and oxygen atoms in total. The first-order valence-electron chi connectivity index (χ1n) is 13.2. The fraction of sp³-hybridized carbons (Fsp3) is 0.400. The fourth-order valence-corrected chi connectivity index (χ4v) is 6.76. The van der Waals surface area contributed by atoms with Gasteiger partial charge in [-0.3, -0.25) is 9.59 Å². The summed E-state index contributed by atoms with van der Waals surface area (Å²) in [4.78, 5) is 27.2. The van der Waals surface area contributed by atoms with E-state index in [1.54, 1.807) is 24.3 Å². The van der Waals surface area contributed by atoms with Crippen molar-refractivity contribution < 1.29 is 24.4 Å². The zero-order valence-corrected chi connectivity index (χ0v) is 22.0. The molecule has 0 radical (unpaired) electrons. The number of rotatable bonds is 6. The second-order valence-electron chi connectivity index (χ2n) is 10.3. The van der Waals surface area contributed by atoms with Crippen LogP contribution in [0.3, 0.4) is 0 Å². The molecule has 37 heavy (non-hydrogen) atoms. The number of Topliss-reactive ketones (excluding diaryl/α,β-unsaturated/α-hetero) is 2. The third-order valence-corrected chi connectivity index (χ3v) is 8.64. The average molecular weight is 519 g/mol. The zero-order chi connectivity index (χ0) is 26.3. The predicted molar refractivity (Wildman–Crippen MR) is 146 cm³/mol. The van der Waals surface area contributed by atoms with Crippen LogP contribution in [0.2, 0.25) is 11.3 Å². The third-order valence-electron chi connectivity index (χ3n) is 8.31. The summed E-state index contributed by atoms with van der Waals surface area (Å²) in [7, 11) is -0.976. The van der Waals surface area contributed by atoms with Crippen LogP contribution >= 0.6 is 11.6 Å². The molecule has 2 aliphatic carbocycles. The number of ketones is 2. The Bertz CT molecular complexity index is 1300. The number of halogens is 1. The number of carbonyl (C=O) groups excluding carboxylic acids is 2. The molecule has 2 N–H and O–H groups in total. The predicted octanol–water partition coefficient (Wildman–Crippen LogP) is 6.54. The molecule has 2 aromatic carbocycles. The Morgan fingerprint density at radius 2 is 1.84 bits per heavy atom. The van der Waals surface area contributed by atoms with E-state index in [1.165, 1.54) is 17.2 Å². The van der Waals surface area contributed by atoms with Crippen molar-refractivity contribution in [2.24, 2.45) is 17.8 Å². The maximum Gasteiger partial charge on any atom is 0.455 e. The molecule has 1 heterocycles. The van der Waals surface area contributed by atoms with Gasteiger partial charge in [0.25, 0.3) is 0 Å². The van der Waals surface area contributed by atoms with Gasteiger partial charge in [0.05, 0.1) is 11.1 Å². The van der Waals surface area contributed by atoms with Gasteiger partial charge in [0.1, 0.15) is 5.75 Å². The lowest BCUT2D eigenvalue weighted by atomic mass is 9.54. The van der Waals surface area contributed by atoms with Crippen LogP contribution in [0.4, 0.5) is 0 Å². The van der Waals surface area contributed by atoms with Gasteiger partial charge in [0, 0.05) is 23.0 Å². The van der Waals surface area contributed by atoms with Gasteiger partial charge in [-0.1, -0.05) is 66.9 Å². The minimum absolute atomic E-state index is 0.0156. The number of fused-ring (bicyclic) bond motifs is 4. The molecule has 1 saturated heterocycles. The van der Waals surface area contributed by atoms with Crippen molar-refractivity contribution in [2.45, 2.75) is 58.4 Å². The summed E-state index contributed by atoms with van der Waals surface area (Å²) in [6.07, 6.45) is 5.65. The molecule has 0 spiro atoms. The van der Waals surface area contributed by atoms with Gasteiger partial charge in [-0.2, -0.15) is 0 Å². The summed E-state index contributed by atoms with van der Waals surface area (Å²) in [6.45, 7) is 4.18. The molecular formula is C30H32BClO5. The van der Waals surface area contributed by atoms with E-state index in [9.17, 15) is 19.7 Å². The number of benzene rings is 2. The van der Waals surface area contributed by atoms with Crippen LogP contribution in [-0.4, -0.2) is 34.9 Å². The molecule has 0 aromatic heterocycles. The van der Waals surface area contributed by atoms with E-state index >= 15 is 0 Å². The highest BCUT2D eigenvalue weighted by Gasteiger charge is 2.53. The molecule has 192 valence electrons. The van der Waals surface area contributed by atoms with Crippen LogP contribution < -0.4 is 0 Å². The van der Waals surface area contributed by atoms with Gasteiger partial charge in [0.2, 0.25) is 0 Å². The lowest BCUT2D eigenvalue weighted by molar-refractivity contribution is 0.0599. The molecule has 3 aliphatic rings. The Morgan fingerprint density at radius 3 is 2.51 bits per heavy atom. The monoisotopic (exact) mass is 518 g/mol. The maximum absolute atomic E-state index is 13.7. The largest absolute Gasteiger partial charge is 0.508 e. The van der Waals surface area contributed by atoms with Crippen LogP contribution in [0.1, 0.15) is 72.2 Å². The second-order valence-corrected chi connectivity index (χ2v) is 10.8. The van der Waals surface area contributed by atoms with Crippen molar-refractivity contribution in [1.29, 1.82) is 0 Å². The molecule has 7 heteroatoms. The van der Waals surface area contributed by atoms with Gasteiger partial charge in [-0.25, -0.2) is 0 Å². The zero-order valence-electron chi connectivity index (χ0n) is 21.2. The number of carbonyl (C=O) groups is 2. The average Bonchev–Trinajstić information content (AvgIpc) is 2.89. The molecular weight excluding hydrogens is 487 g/mol. The highest BCUT2D eigenvalue weighted by atomic mass is 35.5. The number of aromatic hydroxyl groups is 1. The van der Waals surface area contributed by atoms with Crippen molar-refractivity contribution in [1.82, 2.24) is 0 Å². The normalized spacial score (nSPS) is 25.6. The van der Waals surface area contributed by atoms with Crippen molar-refractivity contribution in [3.8, 4) is 5.75 Å². The topological polar surface area (TPSA) is 83.8 Å². The molecule has 1 fully saturated rings. The number of hydrogen-bond donors (Lipinski definition) is 2. The molecule has 1 aliphatic heterocycles. The van der Waals surface area contributed by atoms with Gasteiger partial charge in [-0.15, -0.1) is 0 Å². The lowest BCUT2D eigenvalue weighted by Gasteiger charge is -2.47. The molecule has 0 amide bonds. The number of phenols is 1. The Kier molecular flexibility index (Phi) is 7.44. The second kappa shape index (κ2) is 10.6.